The van der Waals surface area contributed by atoms with E-state index in [-0.39, 0.29) is 0 Å². The lowest BCUT2D eigenvalue weighted by atomic mass is 10.0. The summed E-state index contributed by atoms with van der Waals surface area (Å²) in [4.78, 5) is 0. The molecule has 14 N–H and O–H groups in total. The maximum atomic E-state index is 9.08. The lowest BCUT2D eigenvalue weighted by Crippen LogP contribution is -2.50. The van der Waals surface area contributed by atoms with Crippen LogP contribution < -0.4 is 11.5 Å². The Balaban J connectivity index is 0. The third-order valence-corrected chi connectivity index (χ3v) is 3.16. The van der Waals surface area contributed by atoms with Crippen LogP contribution in [0.4, 0.5) is 0 Å². The standard InChI is InChI=1S/2C6H15NO5/c2*7-3(1-8)5(11)6(12)4(10)2-9/h2*3-6,8-12H,1-2,7H2/t2*3-,4+,5+,6+/m00/s1. The van der Waals surface area contributed by atoms with Gasteiger partial charge in [0.15, 0.2) is 0 Å². The molecule has 0 spiro atoms. The summed E-state index contributed by atoms with van der Waals surface area (Å²) >= 11 is 0. The van der Waals surface area contributed by atoms with E-state index in [4.69, 9.17) is 62.5 Å². The maximum Gasteiger partial charge on any atom is 0.110 e. The number of hydrogen-bond donors (Lipinski definition) is 12. The van der Waals surface area contributed by atoms with E-state index in [1.54, 1.807) is 0 Å². The Morgan fingerprint density at radius 2 is 0.708 bits per heavy atom. The first-order valence-corrected chi connectivity index (χ1v) is 7.11. The molecule has 0 aromatic heterocycles. The molecule has 0 saturated heterocycles. The lowest BCUT2D eigenvalue weighted by Gasteiger charge is -2.24. The Labute approximate surface area is 138 Å². The Bertz CT molecular complexity index is 245. The fourth-order valence-corrected chi connectivity index (χ4v) is 1.39. The van der Waals surface area contributed by atoms with Crippen LogP contribution in [0.25, 0.3) is 0 Å². The molecular weight excluding hydrogens is 332 g/mol. The molecule has 24 heavy (non-hydrogen) atoms. The summed E-state index contributed by atoms with van der Waals surface area (Å²) in [5.74, 6) is 0. The number of aliphatic hydroxyl groups is 10. The first-order valence-electron chi connectivity index (χ1n) is 7.11. The van der Waals surface area contributed by atoms with Gasteiger partial charge in [-0.15, -0.1) is 0 Å². The van der Waals surface area contributed by atoms with Gasteiger partial charge in [-0.05, 0) is 0 Å². The third-order valence-electron chi connectivity index (χ3n) is 3.16. The minimum Gasteiger partial charge on any atom is -0.395 e. The van der Waals surface area contributed by atoms with Crippen LogP contribution in [0.2, 0.25) is 0 Å². The van der Waals surface area contributed by atoms with Crippen molar-refractivity contribution in [3.8, 4) is 0 Å². The number of nitrogens with two attached hydrogens (primary N) is 2. The van der Waals surface area contributed by atoms with Crippen LogP contribution in [0.1, 0.15) is 0 Å². The van der Waals surface area contributed by atoms with Crippen molar-refractivity contribution in [1.82, 2.24) is 0 Å². The molecule has 0 fully saturated rings. The van der Waals surface area contributed by atoms with E-state index in [1.807, 2.05) is 0 Å². The minimum absolute atomic E-state index is 0.504. The van der Waals surface area contributed by atoms with Gasteiger partial charge in [-0.3, -0.25) is 0 Å². The molecule has 0 rings (SSSR count). The van der Waals surface area contributed by atoms with Gasteiger partial charge < -0.3 is 62.5 Å². The van der Waals surface area contributed by atoms with Crippen LogP contribution in [-0.2, 0) is 0 Å². The maximum absolute atomic E-state index is 9.08. The molecule has 0 amide bonds. The number of hydrogen-bond acceptors (Lipinski definition) is 12. The molecule has 0 aliphatic rings. The van der Waals surface area contributed by atoms with Gasteiger partial charge in [-0.1, -0.05) is 0 Å². The summed E-state index contributed by atoms with van der Waals surface area (Å²) in [6.45, 7) is -2.35. The van der Waals surface area contributed by atoms with Gasteiger partial charge in [-0.2, -0.15) is 0 Å². The van der Waals surface area contributed by atoms with Crippen LogP contribution in [0.5, 0.6) is 0 Å². The molecule has 0 saturated carbocycles. The van der Waals surface area contributed by atoms with Crippen molar-refractivity contribution in [2.75, 3.05) is 26.4 Å². The normalized spacial score (nSPS) is 21.5. The minimum atomic E-state index is -1.54. The van der Waals surface area contributed by atoms with Gasteiger partial charge in [0.1, 0.15) is 24.4 Å². The molecule has 8 atom stereocenters. The molecule has 148 valence electrons. The Morgan fingerprint density at radius 3 is 0.875 bits per heavy atom. The zero-order valence-corrected chi connectivity index (χ0v) is 13.1. The van der Waals surface area contributed by atoms with Crippen LogP contribution in [0, 0.1) is 0 Å². The van der Waals surface area contributed by atoms with Crippen LogP contribution in [-0.4, -0.2) is 126 Å². The second-order valence-corrected chi connectivity index (χ2v) is 5.16. The predicted molar refractivity (Wildman–Crippen MR) is 80.3 cm³/mol. The van der Waals surface area contributed by atoms with E-state index in [0.717, 1.165) is 0 Å². The molecule has 0 aliphatic carbocycles. The Kier molecular flexibility index (Phi) is 14.8. The van der Waals surface area contributed by atoms with Gasteiger partial charge in [-0.25, -0.2) is 0 Å². The fourth-order valence-electron chi connectivity index (χ4n) is 1.39. The molecule has 0 radical (unpaired) electrons. The third kappa shape index (κ3) is 9.12. The molecule has 0 aliphatic heterocycles. The topological polar surface area (TPSA) is 254 Å². The summed E-state index contributed by atoms with van der Waals surface area (Å²) in [5.41, 5.74) is 10.3. The summed E-state index contributed by atoms with van der Waals surface area (Å²) < 4.78 is 0. The Hall–Kier alpha value is -0.480. The predicted octanol–water partition coefficient (Wildman–Crippen LogP) is -7.24. The van der Waals surface area contributed by atoms with Gasteiger partial charge >= 0.3 is 0 Å². The lowest BCUT2D eigenvalue weighted by molar-refractivity contribution is -0.0873. The van der Waals surface area contributed by atoms with E-state index >= 15 is 0 Å². The van der Waals surface area contributed by atoms with Crippen molar-refractivity contribution in [1.29, 1.82) is 0 Å². The summed E-state index contributed by atoms with van der Waals surface area (Å²) in [6, 6.07) is -2.05. The molecule has 12 heteroatoms. The van der Waals surface area contributed by atoms with E-state index in [0.29, 0.717) is 0 Å². The first kappa shape index (κ1) is 25.8. The molecule has 0 bridgehead atoms. The molecule has 0 aromatic rings. The fraction of sp³-hybridized carbons (Fsp3) is 1.00. The average molecular weight is 362 g/mol. The quantitative estimate of drug-likeness (QED) is 0.173. The Morgan fingerprint density at radius 1 is 0.458 bits per heavy atom. The van der Waals surface area contributed by atoms with Gasteiger partial charge in [0.25, 0.3) is 0 Å². The average Bonchev–Trinajstić information content (AvgIpc) is 2.62. The van der Waals surface area contributed by atoms with Crippen molar-refractivity contribution in [3.63, 3.8) is 0 Å². The second-order valence-electron chi connectivity index (χ2n) is 5.16. The van der Waals surface area contributed by atoms with Crippen molar-refractivity contribution in [3.05, 3.63) is 0 Å². The second kappa shape index (κ2) is 13.8. The molecule has 0 unspecified atom stereocenters. The number of aliphatic hydroxyl groups excluding tert-OH is 10. The van der Waals surface area contributed by atoms with Crippen LogP contribution >= 0.6 is 0 Å². The van der Waals surface area contributed by atoms with Crippen molar-refractivity contribution < 1.29 is 51.1 Å². The highest BCUT2D eigenvalue weighted by atomic mass is 16.4. The van der Waals surface area contributed by atoms with E-state index in [9.17, 15) is 0 Å². The SMILES string of the molecule is N[C@@H](CO)[C@@H](O)[C@H](O)[C@H](O)CO.N[C@@H](CO)[C@@H](O)[C@H](O)[C@H](O)CO. The van der Waals surface area contributed by atoms with Crippen molar-refractivity contribution in [2.45, 2.75) is 48.7 Å². The summed E-state index contributed by atoms with van der Waals surface area (Å²) in [7, 11) is 0. The van der Waals surface area contributed by atoms with Crippen molar-refractivity contribution in [2.24, 2.45) is 11.5 Å². The largest absolute Gasteiger partial charge is 0.395 e. The smallest absolute Gasteiger partial charge is 0.110 e. The van der Waals surface area contributed by atoms with E-state index in [1.165, 1.54) is 0 Å². The van der Waals surface area contributed by atoms with Gasteiger partial charge in [0, 0.05) is 0 Å². The van der Waals surface area contributed by atoms with Crippen molar-refractivity contribution >= 4 is 0 Å². The van der Waals surface area contributed by atoms with Crippen LogP contribution in [0.15, 0.2) is 0 Å². The zero-order chi connectivity index (χ0) is 19.4. The van der Waals surface area contributed by atoms with Gasteiger partial charge in [0.2, 0.25) is 0 Å². The number of rotatable bonds is 10. The zero-order valence-electron chi connectivity index (χ0n) is 13.1. The summed E-state index contributed by atoms with van der Waals surface area (Å²) in [5, 5.41) is 87.6. The molecule has 0 aromatic carbocycles. The highest BCUT2D eigenvalue weighted by Gasteiger charge is 2.29. The molecule has 12 nitrogen and oxygen atoms in total. The summed E-state index contributed by atoms with van der Waals surface area (Å²) in [6.07, 6.45) is -8.88. The monoisotopic (exact) mass is 362 g/mol. The first-order chi connectivity index (χ1) is 11.1. The van der Waals surface area contributed by atoms with Crippen LogP contribution in [0.3, 0.4) is 0 Å². The molecule has 0 heterocycles. The highest BCUT2D eigenvalue weighted by Crippen LogP contribution is 2.03. The molecular formula is C12H30N2O10. The van der Waals surface area contributed by atoms with E-state index < -0.39 is 75.1 Å². The highest BCUT2D eigenvalue weighted by molar-refractivity contribution is 4.83. The van der Waals surface area contributed by atoms with E-state index in [2.05, 4.69) is 0 Å². The van der Waals surface area contributed by atoms with Gasteiger partial charge in [0.05, 0.1) is 50.7 Å².